The van der Waals surface area contributed by atoms with E-state index in [2.05, 4.69) is 36.4 Å². The van der Waals surface area contributed by atoms with Crippen molar-refractivity contribution in [3.05, 3.63) is 120 Å². The standard InChI is InChI=1S/C28H26NO2P/c1-21-20-22(31-2)18-19-26(21)27(28(29)30)32(23-12-6-3-7-13-23,24-14-8-4-9-15-24)25-16-10-5-11-17-25/h3-20,27H,1-2H3,(H-,29,30)/p+1. The van der Waals surface area contributed by atoms with Gasteiger partial charge in [0.2, 0.25) is 0 Å². The Hall–Kier alpha value is -3.42. The topological polar surface area (TPSA) is 52.3 Å². The molecule has 1 unspecified atom stereocenters. The fourth-order valence-corrected chi connectivity index (χ4v) is 9.32. The fraction of sp³-hybridized carbons (Fsp3) is 0.107. The number of carbonyl (C=O) groups is 1. The van der Waals surface area contributed by atoms with Crippen LogP contribution in [0.3, 0.4) is 0 Å². The summed E-state index contributed by atoms with van der Waals surface area (Å²) in [6.07, 6.45) is 0. The number of ether oxygens (including phenoxy) is 1. The van der Waals surface area contributed by atoms with Crippen LogP contribution in [0.5, 0.6) is 5.75 Å². The van der Waals surface area contributed by atoms with Crippen molar-refractivity contribution in [2.75, 3.05) is 7.11 Å². The maximum Gasteiger partial charge on any atom is 0.264 e. The Morgan fingerprint density at radius 1 is 0.750 bits per heavy atom. The molecule has 4 rings (SSSR count). The molecule has 4 heteroatoms. The highest BCUT2D eigenvalue weighted by molar-refractivity contribution is 7.96. The van der Waals surface area contributed by atoms with Crippen LogP contribution in [-0.4, -0.2) is 13.0 Å². The molecule has 3 nitrogen and oxygen atoms in total. The third kappa shape index (κ3) is 3.81. The van der Waals surface area contributed by atoms with Crippen LogP contribution in [0.1, 0.15) is 16.8 Å². The van der Waals surface area contributed by atoms with Gasteiger partial charge in [0.05, 0.1) is 7.11 Å². The van der Waals surface area contributed by atoms with Gasteiger partial charge >= 0.3 is 0 Å². The summed E-state index contributed by atoms with van der Waals surface area (Å²) in [5.74, 6) is 0.431. The second-order valence-corrected chi connectivity index (χ2v) is 11.3. The van der Waals surface area contributed by atoms with Crippen molar-refractivity contribution in [2.45, 2.75) is 12.6 Å². The number of benzene rings is 4. The van der Waals surface area contributed by atoms with Crippen molar-refractivity contribution < 1.29 is 9.53 Å². The number of primary amides is 1. The van der Waals surface area contributed by atoms with E-state index in [4.69, 9.17) is 10.5 Å². The fourth-order valence-electron chi connectivity index (χ4n) is 4.52. The number of nitrogens with two attached hydrogens (primary N) is 1. The molecule has 1 amide bonds. The largest absolute Gasteiger partial charge is 0.497 e. The average Bonchev–Trinajstić information content (AvgIpc) is 2.84. The van der Waals surface area contributed by atoms with Gasteiger partial charge < -0.3 is 10.5 Å². The Labute approximate surface area is 190 Å². The smallest absolute Gasteiger partial charge is 0.264 e. The van der Waals surface area contributed by atoms with Crippen LogP contribution in [0.4, 0.5) is 0 Å². The summed E-state index contributed by atoms with van der Waals surface area (Å²) in [7, 11) is -0.859. The molecule has 32 heavy (non-hydrogen) atoms. The number of carbonyl (C=O) groups excluding carboxylic acids is 1. The minimum Gasteiger partial charge on any atom is -0.497 e. The Morgan fingerprint density at radius 3 is 1.53 bits per heavy atom. The van der Waals surface area contributed by atoms with Crippen molar-refractivity contribution in [3.63, 3.8) is 0 Å². The third-order valence-electron chi connectivity index (χ3n) is 5.92. The molecule has 0 radical (unpaired) electrons. The van der Waals surface area contributed by atoms with E-state index in [-0.39, 0.29) is 5.91 Å². The van der Waals surface area contributed by atoms with Crippen LogP contribution in [0, 0.1) is 6.92 Å². The van der Waals surface area contributed by atoms with Crippen LogP contribution in [-0.2, 0) is 4.79 Å². The number of aryl methyl sites for hydroxylation is 1. The normalized spacial score (nSPS) is 12.2. The summed E-state index contributed by atoms with van der Waals surface area (Å²) in [6.45, 7) is 2.02. The molecule has 1 atom stereocenters. The lowest BCUT2D eigenvalue weighted by Crippen LogP contribution is -2.40. The Kier molecular flexibility index (Phi) is 6.39. The van der Waals surface area contributed by atoms with Crippen molar-refractivity contribution in [1.82, 2.24) is 0 Å². The highest BCUT2D eigenvalue weighted by Gasteiger charge is 2.56. The molecule has 0 aliphatic heterocycles. The number of hydrogen-bond donors (Lipinski definition) is 1. The van der Waals surface area contributed by atoms with Gasteiger partial charge in [0.1, 0.15) is 28.9 Å². The summed E-state index contributed by atoms with van der Waals surface area (Å²) in [5.41, 5.74) is 7.66. The minimum absolute atomic E-state index is 0.330. The number of methoxy groups -OCH3 is 1. The highest BCUT2D eigenvalue weighted by Crippen LogP contribution is 2.67. The van der Waals surface area contributed by atoms with Gasteiger partial charge in [0.25, 0.3) is 5.91 Å². The van der Waals surface area contributed by atoms with E-state index >= 15 is 0 Å². The Morgan fingerprint density at radius 2 is 1.19 bits per heavy atom. The molecule has 4 aromatic rings. The van der Waals surface area contributed by atoms with Crippen LogP contribution in [0.25, 0.3) is 0 Å². The first-order chi connectivity index (χ1) is 15.6. The minimum atomic E-state index is -2.51. The third-order valence-corrected chi connectivity index (χ3v) is 10.6. The molecule has 2 N–H and O–H groups in total. The zero-order valence-electron chi connectivity index (χ0n) is 18.3. The van der Waals surface area contributed by atoms with Crippen molar-refractivity contribution in [1.29, 1.82) is 0 Å². The van der Waals surface area contributed by atoms with Gasteiger partial charge in [-0.1, -0.05) is 60.7 Å². The first-order valence-electron chi connectivity index (χ1n) is 10.6. The molecular formula is C28H27NO2P+. The van der Waals surface area contributed by atoms with Gasteiger partial charge in [-0.2, -0.15) is 0 Å². The zero-order valence-corrected chi connectivity index (χ0v) is 19.2. The molecule has 0 bridgehead atoms. The predicted molar refractivity (Wildman–Crippen MR) is 135 cm³/mol. The Balaban J connectivity index is 2.14. The lowest BCUT2D eigenvalue weighted by Gasteiger charge is -2.34. The Bertz CT molecular complexity index is 1100. The molecule has 0 aromatic heterocycles. The molecule has 0 saturated carbocycles. The summed E-state index contributed by atoms with van der Waals surface area (Å²) in [6, 6.07) is 36.9. The summed E-state index contributed by atoms with van der Waals surface area (Å²) >= 11 is 0. The van der Waals surface area contributed by atoms with Crippen LogP contribution >= 0.6 is 7.26 Å². The maximum atomic E-state index is 13.4. The van der Waals surface area contributed by atoms with Gasteiger partial charge in [-0.3, -0.25) is 4.79 Å². The first-order valence-corrected chi connectivity index (χ1v) is 12.4. The quantitative estimate of drug-likeness (QED) is 0.430. The summed E-state index contributed by atoms with van der Waals surface area (Å²) in [4.78, 5) is 13.4. The molecular weight excluding hydrogens is 413 g/mol. The SMILES string of the molecule is COc1ccc(C(C(N)=O)[P+](c2ccccc2)(c2ccccc2)c2ccccc2)c(C)c1. The van der Waals surface area contributed by atoms with Gasteiger partial charge in [0.15, 0.2) is 5.66 Å². The van der Waals surface area contributed by atoms with Gasteiger partial charge in [-0.05, 0) is 61.0 Å². The lowest BCUT2D eigenvalue weighted by atomic mass is 10.0. The summed E-state index contributed by atoms with van der Waals surface area (Å²) in [5, 5.41) is 3.37. The average molecular weight is 441 g/mol. The number of rotatable bonds is 7. The van der Waals surface area contributed by atoms with Crippen molar-refractivity contribution >= 4 is 29.1 Å². The highest BCUT2D eigenvalue weighted by atomic mass is 31.2. The first kappa shape index (κ1) is 21.8. The molecule has 4 aromatic carbocycles. The number of hydrogen-bond acceptors (Lipinski definition) is 2. The van der Waals surface area contributed by atoms with Crippen molar-refractivity contribution in [3.8, 4) is 5.75 Å². The predicted octanol–water partition coefficient (Wildman–Crippen LogP) is 4.52. The van der Waals surface area contributed by atoms with Crippen LogP contribution < -0.4 is 26.4 Å². The van der Waals surface area contributed by atoms with Gasteiger partial charge in [0, 0.05) is 5.56 Å². The van der Waals surface area contributed by atoms with E-state index in [0.717, 1.165) is 32.8 Å². The number of amides is 1. The molecule has 0 fully saturated rings. The van der Waals surface area contributed by atoms with Gasteiger partial charge in [-0.25, -0.2) is 0 Å². The molecule has 0 saturated heterocycles. The van der Waals surface area contributed by atoms with E-state index < -0.39 is 12.9 Å². The lowest BCUT2D eigenvalue weighted by molar-refractivity contribution is -0.117. The van der Waals surface area contributed by atoms with E-state index in [1.807, 2.05) is 79.7 Å². The second-order valence-electron chi connectivity index (χ2n) is 7.76. The van der Waals surface area contributed by atoms with E-state index in [9.17, 15) is 4.79 Å². The van der Waals surface area contributed by atoms with Crippen molar-refractivity contribution in [2.24, 2.45) is 5.73 Å². The molecule has 0 aliphatic carbocycles. The molecule has 0 aliphatic rings. The van der Waals surface area contributed by atoms with E-state index in [1.165, 1.54) is 0 Å². The van der Waals surface area contributed by atoms with Crippen LogP contribution in [0.15, 0.2) is 109 Å². The van der Waals surface area contributed by atoms with Crippen LogP contribution in [0.2, 0.25) is 0 Å². The van der Waals surface area contributed by atoms with E-state index in [0.29, 0.717) is 0 Å². The monoisotopic (exact) mass is 440 g/mol. The van der Waals surface area contributed by atoms with E-state index in [1.54, 1.807) is 7.11 Å². The second kappa shape index (κ2) is 9.38. The zero-order chi connectivity index (χ0) is 22.6. The molecule has 0 spiro atoms. The van der Waals surface area contributed by atoms with Gasteiger partial charge in [-0.15, -0.1) is 0 Å². The molecule has 160 valence electrons. The summed E-state index contributed by atoms with van der Waals surface area (Å²) < 4.78 is 5.42. The molecule has 0 heterocycles. The maximum absolute atomic E-state index is 13.4.